The Bertz CT molecular complexity index is 729. The van der Waals surface area contributed by atoms with Gasteiger partial charge in [0.25, 0.3) is 0 Å². The number of rotatable bonds is 6. The van der Waals surface area contributed by atoms with Crippen molar-refractivity contribution < 1.29 is 24.2 Å². The minimum atomic E-state index is -0.830. The number of carbonyl (C=O) groups is 2. The summed E-state index contributed by atoms with van der Waals surface area (Å²) in [5.74, 6) is 0.00172. The first-order valence-corrected chi connectivity index (χ1v) is 10.4. The van der Waals surface area contributed by atoms with E-state index >= 15 is 0 Å². The van der Waals surface area contributed by atoms with Crippen molar-refractivity contribution in [3.8, 4) is 5.75 Å². The van der Waals surface area contributed by atoms with Gasteiger partial charge in [-0.1, -0.05) is 12.1 Å². The van der Waals surface area contributed by atoms with Crippen molar-refractivity contribution in [2.24, 2.45) is 11.3 Å². The van der Waals surface area contributed by atoms with Gasteiger partial charge in [0.2, 0.25) is 5.91 Å². The molecule has 1 aromatic rings. The molecule has 3 aliphatic rings. The molecule has 4 rings (SSSR count). The van der Waals surface area contributed by atoms with Crippen molar-refractivity contribution in [2.45, 2.75) is 51.0 Å². The number of carboxylic acids is 1. The van der Waals surface area contributed by atoms with Gasteiger partial charge in [0.15, 0.2) is 0 Å². The molecule has 0 bridgehead atoms. The third-order valence-electron chi connectivity index (χ3n) is 6.62. The second-order valence-electron chi connectivity index (χ2n) is 8.43. The SMILES string of the molecule is O=C(CCc1cccc(OC2CCCC2)c1)N1C[C@H]2COCC[C@@]2(C(=O)O)C1. The highest BCUT2D eigenvalue weighted by atomic mass is 16.5. The molecule has 6 nitrogen and oxygen atoms in total. The van der Waals surface area contributed by atoms with Gasteiger partial charge in [0.1, 0.15) is 5.75 Å². The molecule has 3 fully saturated rings. The number of fused-ring (bicyclic) bond motifs is 1. The Morgan fingerprint density at radius 3 is 2.86 bits per heavy atom. The minimum Gasteiger partial charge on any atom is -0.490 e. The molecule has 2 heterocycles. The summed E-state index contributed by atoms with van der Waals surface area (Å²) in [6.07, 6.45) is 6.53. The van der Waals surface area contributed by atoms with Crippen LogP contribution in [0.2, 0.25) is 0 Å². The lowest BCUT2D eigenvalue weighted by Crippen LogP contribution is -2.45. The number of aryl methyl sites for hydroxylation is 1. The highest BCUT2D eigenvalue weighted by Crippen LogP contribution is 2.42. The number of nitrogens with zero attached hydrogens (tertiary/aromatic N) is 1. The number of likely N-dealkylation sites (tertiary alicyclic amines) is 1. The Labute approximate surface area is 165 Å². The lowest BCUT2D eigenvalue weighted by molar-refractivity contribution is -0.157. The van der Waals surface area contributed by atoms with Crippen molar-refractivity contribution in [2.75, 3.05) is 26.3 Å². The number of carboxylic acid groups (broad SMARTS) is 1. The Morgan fingerprint density at radius 2 is 2.11 bits per heavy atom. The van der Waals surface area contributed by atoms with E-state index < -0.39 is 11.4 Å². The van der Waals surface area contributed by atoms with Crippen LogP contribution in [0.5, 0.6) is 5.75 Å². The number of hydrogen-bond acceptors (Lipinski definition) is 4. The maximum Gasteiger partial charge on any atom is 0.311 e. The third-order valence-corrected chi connectivity index (χ3v) is 6.62. The molecule has 2 atom stereocenters. The number of aliphatic carboxylic acids is 1. The lowest BCUT2D eigenvalue weighted by atomic mass is 9.74. The summed E-state index contributed by atoms with van der Waals surface area (Å²) in [6, 6.07) is 8.00. The molecular weight excluding hydrogens is 358 g/mol. The number of amides is 1. The van der Waals surface area contributed by atoms with Gasteiger partial charge < -0.3 is 19.5 Å². The van der Waals surface area contributed by atoms with Crippen LogP contribution in [0, 0.1) is 11.3 Å². The van der Waals surface area contributed by atoms with Gasteiger partial charge in [0.05, 0.1) is 18.1 Å². The second kappa shape index (κ2) is 8.11. The molecule has 0 aromatic heterocycles. The van der Waals surface area contributed by atoms with E-state index in [9.17, 15) is 14.7 Å². The largest absolute Gasteiger partial charge is 0.490 e. The van der Waals surface area contributed by atoms with Crippen molar-refractivity contribution in [1.29, 1.82) is 0 Å². The predicted octanol–water partition coefficient (Wildman–Crippen LogP) is 2.89. The summed E-state index contributed by atoms with van der Waals surface area (Å²) in [6.45, 7) is 1.67. The van der Waals surface area contributed by atoms with E-state index in [0.29, 0.717) is 51.7 Å². The Morgan fingerprint density at radius 1 is 1.29 bits per heavy atom. The highest BCUT2D eigenvalue weighted by Gasteiger charge is 2.54. The van der Waals surface area contributed by atoms with E-state index in [1.807, 2.05) is 24.3 Å². The standard InChI is InChI=1S/C22H29NO5/c24-20(23-13-17-14-27-11-10-22(17,15-23)21(25)26)9-8-16-4-3-7-19(12-16)28-18-5-1-2-6-18/h3-4,7,12,17-18H,1-2,5-6,8-11,13-15H2,(H,25,26)/t17-,22+/m0/s1. The zero-order valence-corrected chi connectivity index (χ0v) is 16.3. The van der Waals surface area contributed by atoms with Crippen LogP contribution in [0.3, 0.4) is 0 Å². The first-order valence-electron chi connectivity index (χ1n) is 10.4. The van der Waals surface area contributed by atoms with Gasteiger partial charge in [-0.2, -0.15) is 0 Å². The van der Waals surface area contributed by atoms with Crippen LogP contribution in [-0.2, 0) is 20.7 Å². The summed E-state index contributed by atoms with van der Waals surface area (Å²) < 4.78 is 11.5. The van der Waals surface area contributed by atoms with Gasteiger partial charge >= 0.3 is 5.97 Å². The van der Waals surface area contributed by atoms with Crippen molar-refractivity contribution in [3.05, 3.63) is 29.8 Å². The third kappa shape index (κ3) is 3.88. The fourth-order valence-corrected chi connectivity index (χ4v) is 4.87. The van der Waals surface area contributed by atoms with Gasteiger partial charge in [-0.25, -0.2) is 0 Å². The molecule has 1 N–H and O–H groups in total. The Balaban J connectivity index is 1.34. The van der Waals surface area contributed by atoms with Gasteiger partial charge in [0, 0.05) is 32.0 Å². The summed E-state index contributed by atoms with van der Waals surface area (Å²) in [7, 11) is 0. The molecule has 0 unspecified atom stereocenters. The fraction of sp³-hybridized carbons (Fsp3) is 0.636. The first-order chi connectivity index (χ1) is 13.6. The smallest absolute Gasteiger partial charge is 0.311 e. The van der Waals surface area contributed by atoms with E-state index in [1.54, 1.807) is 4.90 Å². The van der Waals surface area contributed by atoms with E-state index in [4.69, 9.17) is 9.47 Å². The molecule has 2 aliphatic heterocycles. The van der Waals surface area contributed by atoms with Crippen molar-refractivity contribution in [3.63, 3.8) is 0 Å². The number of hydrogen-bond donors (Lipinski definition) is 1. The van der Waals surface area contributed by atoms with Crippen LogP contribution >= 0.6 is 0 Å². The maximum atomic E-state index is 12.8. The molecule has 152 valence electrons. The molecular formula is C22H29NO5. The van der Waals surface area contributed by atoms with Gasteiger partial charge in [-0.3, -0.25) is 9.59 Å². The molecule has 1 aliphatic carbocycles. The van der Waals surface area contributed by atoms with Crippen LogP contribution in [0.15, 0.2) is 24.3 Å². The van der Waals surface area contributed by atoms with Crippen molar-refractivity contribution in [1.82, 2.24) is 4.90 Å². The second-order valence-corrected chi connectivity index (χ2v) is 8.43. The van der Waals surface area contributed by atoms with E-state index in [2.05, 4.69) is 0 Å². The zero-order chi connectivity index (χ0) is 19.6. The van der Waals surface area contributed by atoms with Crippen LogP contribution < -0.4 is 4.74 Å². The average molecular weight is 387 g/mol. The van der Waals surface area contributed by atoms with Crippen LogP contribution in [-0.4, -0.2) is 54.3 Å². The zero-order valence-electron chi connectivity index (χ0n) is 16.3. The summed E-state index contributed by atoms with van der Waals surface area (Å²) in [5, 5.41) is 9.75. The maximum absolute atomic E-state index is 12.8. The Hall–Kier alpha value is -2.08. The number of ether oxygens (including phenoxy) is 2. The molecule has 6 heteroatoms. The molecule has 0 spiro atoms. The van der Waals surface area contributed by atoms with E-state index in [0.717, 1.165) is 24.2 Å². The molecule has 1 aromatic carbocycles. The van der Waals surface area contributed by atoms with Gasteiger partial charge in [-0.15, -0.1) is 0 Å². The molecule has 28 heavy (non-hydrogen) atoms. The number of benzene rings is 1. The summed E-state index contributed by atoms with van der Waals surface area (Å²) in [5.41, 5.74) is 0.250. The Kier molecular flexibility index (Phi) is 5.58. The average Bonchev–Trinajstić information content (AvgIpc) is 3.34. The quantitative estimate of drug-likeness (QED) is 0.812. The monoisotopic (exact) mass is 387 g/mol. The summed E-state index contributed by atoms with van der Waals surface area (Å²) in [4.78, 5) is 26.4. The normalized spacial score (nSPS) is 27.6. The van der Waals surface area contributed by atoms with Crippen LogP contribution in [0.1, 0.15) is 44.1 Å². The molecule has 0 radical (unpaired) electrons. The first kappa shape index (κ1) is 19.2. The van der Waals surface area contributed by atoms with E-state index in [-0.39, 0.29) is 11.8 Å². The molecule has 1 saturated carbocycles. The molecule has 1 amide bonds. The summed E-state index contributed by atoms with van der Waals surface area (Å²) >= 11 is 0. The fourth-order valence-electron chi connectivity index (χ4n) is 4.87. The van der Waals surface area contributed by atoms with Gasteiger partial charge in [-0.05, 0) is 56.2 Å². The van der Waals surface area contributed by atoms with Crippen LogP contribution in [0.4, 0.5) is 0 Å². The molecule has 2 saturated heterocycles. The van der Waals surface area contributed by atoms with Crippen LogP contribution in [0.25, 0.3) is 0 Å². The van der Waals surface area contributed by atoms with E-state index in [1.165, 1.54) is 12.8 Å². The topological polar surface area (TPSA) is 76.1 Å². The highest BCUT2D eigenvalue weighted by molar-refractivity contribution is 5.81. The number of carbonyl (C=O) groups excluding carboxylic acids is 1. The lowest BCUT2D eigenvalue weighted by Gasteiger charge is -2.33. The minimum absolute atomic E-state index is 0.0251. The van der Waals surface area contributed by atoms with Crippen molar-refractivity contribution >= 4 is 11.9 Å². The predicted molar refractivity (Wildman–Crippen MR) is 103 cm³/mol.